The zero-order valence-corrected chi connectivity index (χ0v) is 32.9. The molecule has 232 valence electrons. The first-order valence-corrected chi connectivity index (χ1v) is 18.0. The second-order valence-electron chi connectivity index (χ2n) is 14.9. The molecule has 7 rings (SSSR count). The predicted molar refractivity (Wildman–Crippen MR) is 174 cm³/mol. The number of halogens is 2. The first kappa shape index (κ1) is 36.4. The van der Waals surface area contributed by atoms with Gasteiger partial charge in [0.1, 0.15) is 0 Å². The summed E-state index contributed by atoms with van der Waals surface area (Å²) in [6, 6.07) is 19.2. The molecular formula is C40H52Cl2Hf-2. The van der Waals surface area contributed by atoms with E-state index in [0.29, 0.717) is 5.92 Å². The predicted octanol–water partition coefficient (Wildman–Crippen LogP) is 5.05. The Hall–Kier alpha value is -1.02. The normalized spacial score (nSPS) is 27.1. The topological polar surface area (TPSA) is 0 Å². The molecule has 3 heteroatoms. The Morgan fingerprint density at radius 3 is 2.02 bits per heavy atom. The van der Waals surface area contributed by atoms with E-state index in [0.717, 1.165) is 6.42 Å². The Bertz CT molecular complexity index is 1340. The molecule has 2 aromatic rings. The van der Waals surface area contributed by atoms with Crippen LogP contribution < -0.4 is 24.8 Å². The van der Waals surface area contributed by atoms with Crippen molar-refractivity contribution < 1.29 is 48.7 Å². The summed E-state index contributed by atoms with van der Waals surface area (Å²) < 4.78 is 1.85. The minimum absolute atomic E-state index is 0. The zero-order valence-electron chi connectivity index (χ0n) is 27.8. The molecule has 0 nitrogen and oxygen atoms in total. The Morgan fingerprint density at radius 1 is 0.837 bits per heavy atom. The fourth-order valence-corrected chi connectivity index (χ4v) is 10.1. The van der Waals surface area contributed by atoms with Gasteiger partial charge in [0.25, 0.3) is 0 Å². The van der Waals surface area contributed by atoms with Crippen LogP contribution in [0, 0.1) is 33.5 Å². The van der Waals surface area contributed by atoms with Crippen molar-refractivity contribution in [2.24, 2.45) is 27.6 Å². The van der Waals surface area contributed by atoms with Crippen molar-refractivity contribution >= 4 is 8.83 Å². The van der Waals surface area contributed by atoms with Gasteiger partial charge in [0, 0.05) is 0 Å². The van der Waals surface area contributed by atoms with Crippen LogP contribution in [0.5, 0.6) is 0 Å². The molecule has 43 heavy (non-hydrogen) atoms. The summed E-state index contributed by atoms with van der Waals surface area (Å²) in [5.41, 5.74) is 10.3. The van der Waals surface area contributed by atoms with E-state index in [2.05, 4.69) is 91.8 Å². The van der Waals surface area contributed by atoms with E-state index in [1.165, 1.54) is 80.0 Å². The minimum Gasteiger partial charge on any atom is -0.214 e. The van der Waals surface area contributed by atoms with Crippen LogP contribution in [0.25, 0.3) is 5.57 Å². The molecule has 5 aliphatic rings. The molecule has 2 aromatic carbocycles. The Labute approximate surface area is 290 Å². The summed E-state index contributed by atoms with van der Waals surface area (Å²) in [5, 5.41) is 0. The van der Waals surface area contributed by atoms with Crippen LogP contribution in [0.2, 0.25) is 0 Å². The van der Waals surface area contributed by atoms with Crippen molar-refractivity contribution in [2.45, 2.75) is 107 Å². The molecule has 0 bridgehead atoms. The third-order valence-electron chi connectivity index (χ3n) is 12.8. The van der Waals surface area contributed by atoms with Crippen LogP contribution in [0.4, 0.5) is 0 Å². The van der Waals surface area contributed by atoms with Gasteiger partial charge >= 0.3 is 59.3 Å². The second kappa shape index (κ2) is 13.8. The Morgan fingerprint density at radius 2 is 1.47 bits per heavy atom. The van der Waals surface area contributed by atoms with Gasteiger partial charge in [0.05, 0.1) is 0 Å². The van der Waals surface area contributed by atoms with Gasteiger partial charge in [-0.15, -0.1) is 6.92 Å². The summed E-state index contributed by atoms with van der Waals surface area (Å²) in [4.78, 5) is 0. The maximum atomic E-state index is 2.62. The minimum atomic E-state index is 0. The van der Waals surface area contributed by atoms with Crippen LogP contribution in [0.15, 0.2) is 83.5 Å². The van der Waals surface area contributed by atoms with E-state index >= 15 is 0 Å². The summed E-state index contributed by atoms with van der Waals surface area (Å²) in [6.45, 7) is 20.3. The van der Waals surface area contributed by atoms with Crippen molar-refractivity contribution in [3.63, 3.8) is 0 Å². The number of benzene rings is 1. The van der Waals surface area contributed by atoms with Crippen molar-refractivity contribution in [1.29, 1.82) is 0 Å². The first-order chi connectivity index (χ1) is 19.4. The van der Waals surface area contributed by atoms with E-state index in [1.807, 2.05) is 33.6 Å². The van der Waals surface area contributed by atoms with E-state index in [9.17, 15) is 0 Å². The van der Waals surface area contributed by atoms with Crippen molar-refractivity contribution in [2.75, 3.05) is 0 Å². The van der Waals surface area contributed by atoms with Gasteiger partial charge < -0.3 is 24.8 Å². The van der Waals surface area contributed by atoms with Gasteiger partial charge in [-0.1, -0.05) is 113 Å². The van der Waals surface area contributed by atoms with Crippen LogP contribution in [-0.2, 0) is 30.3 Å². The Balaban J connectivity index is 0.000000302. The number of rotatable bonds is 0. The number of allylic oxidation sites excluding steroid dienone is 6. The standard InChI is InChI=1S/C29H37.C6H10.C5H5.2ClH.Hf/c1-18-25-22-17-19-13-9-10-14-20(19)24(22)21-15-11-12-16-23(21)29(25,8)28(6,7)27(4,5)26(18,2)3;1-2-4-6-5-3-1;1-2-4-5-3-1;;;/h9-11,13-15,23H,12,16-17H2,1-8H3;1-5H2;1-5H;2*1H;/q-1;;-1;;;+2/p-2. The quantitative estimate of drug-likeness (QED) is 0.260. The van der Waals surface area contributed by atoms with Gasteiger partial charge in [-0.25, -0.2) is 18.1 Å². The average molecular weight is 782 g/mol. The zero-order chi connectivity index (χ0) is 29.6. The molecule has 2 saturated carbocycles. The van der Waals surface area contributed by atoms with E-state index < -0.39 is 0 Å². The third-order valence-corrected chi connectivity index (χ3v) is 14.6. The molecule has 0 spiro atoms. The van der Waals surface area contributed by atoms with E-state index in [4.69, 9.17) is 0 Å². The largest absolute Gasteiger partial charge is 0.214 e. The molecule has 0 heterocycles. The summed E-state index contributed by atoms with van der Waals surface area (Å²) >= 11 is 1.37. The molecule has 2 fully saturated rings. The Kier molecular flexibility index (Phi) is 11.7. The van der Waals surface area contributed by atoms with Crippen molar-refractivity contribution in [3.05, 3.63) is 101 Å². The van der Waals surface area contributed by atoms with Gasteiger partial charge in [0.2, 0.25) is 0 Å². The molecule has 5 aliphatic carbocycles. The fraction of sp³-hybridized carbons (Fsp3) is 0.525. The van der Waals surface area contributed by atoms with Crippen molar-refractivity contribution in [1.82, 2.24) is 0 Å². The van der Waals surface area contributed by atoms with Gasteiger partial charge in [-0.3, -0.25) is 0 Å². The van der Waals surface area contributed by atoms with Crippen LogP contribution >= 0.6 is 0 Å². The molecule has 0 radical (unpaired) electrons. The van der Waals surface area contributed by atoms with Crippen molar-refractivity contribution in [3.8, 4) is 0 Å². The van der Waals surface area contributed by atoms with Crippen LogP contribution in [-0.4, -0.2) is 3.26 Å². The molecule has 0 aromatic heterocycles. The van der Waals surface area contributed by atoms with Gasteiger partial charge in [-0.05, 0) is 40.6 Å². The number of hydrogen-bond acceptors (Lipinski definition) is 0. The molecule has 2 atom stereocenters. The first-order valence-electron chi connectivity index (χ1n) is 16.2. The number of fused-ring (bicyclic) bond motifs is 6. The average Bonchev–Trinajstić information content (AvgIpc) is 3.65. The van der Waals surface area contributed by atoms with Crippen LogP contribution in [0.1, 0.15) is 111 Å². The molecule has 0 aliphatic heterocycles. The second-order valence-corrected chi connectivity index (χ2v) is 17.4. The molecule has 2 unspecified atom stereocenters. The number of hydrogen-bond donors (Lipinski definition) is 0. The van der Waals surface area contributed by atoms with E-state index in [1.54, 1.807) is 28.2 Å². The van der Waals surface area contributed by atoms with Gasteiger partial charge in [0.15, 0.2) is 0 Å². The fourth-order valence-electron chi connectivity index (χ4n) is 8.87. The summed E-state index contributed by atoms with van der Waals surface area (Å²) in [7, 11) is 0. The summed E-state index contributed by atoms with van der Waals surface area (Å²) in [6.07, 6.45) is 15.9. The van der Waals surface area contributed by atoms with E-state index in [-0.39, 0.29) is 46.5 Å². The third kappa shape index (κ3) is 5.87. The molecule has 0 amide bonds. The monoisotopic (exact) mass is 782 g/mol. The SMILES string of the molecule is C[C-]1C2=C3Cc4ccccc4C3=C3C=CCCC3C2(C)C(C)(C)C(C)(C)C1(C)C.[Cl-].[Cl-].[Hf+2]=[C]1CCCCC1.c1cc[cH-]c1. The molecule has 0 N–H and O–H groups in total. The molecular weight excluding hydrogens is 730 g/mol. The smallest absolute Gasteiger partial charge is 0.172 e. The van der Waals surface area contributed by atoms with Crippen LogP contribution in [0.3, 0.4) is 0 Å². The van der Waals surface area contributed by atoms with Gasteiger partial charge in [-0.2, -0.15) is 29.3 Å². The maximum absolute atomic E-state index is 2.62. The molecule has 0 saturated heterocycles. The maximum Gasteiger partial charge on any atom is -0.172 e. The summed E-state index contributed by atoms with van der Waals surface area (Å²) in [5.74, 6) is 2.24.